The van der Waals surface area contributed by atoms with Crippen molar-refractivity contribution < 1.29 is 19.1 Å². The number of piperidine rings is 2. The molecule has 3 N–H and O–H groups in total. The van der Waals surface area contributed by atoms with Crippen molar-refractivity contribution in [1.82, 2.24) is 20.9 Å². The van der Waals surface area contributed by atoms with E-state index in [4.69, 9.17) is 9.47 Å². The van der Waals surface area contributed by atoms with Gasteiger partial charge in [0.25, 0.3) is 0 Å². The molecule has 0 bridgehead atoms. The number of rotatable bonds is 9. The molecule has 0 aromatic rings. The van der Waals surface area contributed by atoms with Crippen molar-refractivity contribution in [3.05, 3.63) is 0 Å². The first-order valence-corrected chi connectivity index (χ1v) is 9.90. The zero-order chi connectivity index (χ0) is 18.6. The van der Waals surface area contributed by atoms with Crippen LogP contribution in [-0.2, 0) is 14.3 Å². The minimum absolute atomic E-state index is 0. The SMILES string of the molecule is CCOC(=O)CNCCNC(=O)N1CCC(OCC2CCNCC2)CC1.Cl.Cl. The van der Waals surface area contributed by atoms with Crippen LogP contribution < -0.4 is 16.0 Å². The Morgan fingerprint density at radius 2 is 1.75 bits per heavy atom. The lowest BCUT2D eigenvalue weighted by Gasteiger charge is -2.33. The third-order valence-electron chi connectivity index (χ3n) is 4.91. The van der Waals surface area contributed by atoms with Crippen molar-refractivity contribution in [3.63, 3.8) is 0 Å². The average Bonchev–Trinajstić information content (AvgIpc) is 2.67. The fourth-order valence-electron chi connectivity index (χ4n) is 3.32. The molecule has 2 aliphatic heterocycles. The van der Waals surface area contributed by atoms with Crippen LogP contribution in [0.5, 0.6) is 0 Å². The van der Waals surface area contributed by atoms with Gasteiger partial charge in [-0.2, -0.15) is 0 Å². The number of nitrogens with zero attached hydrogens (tertiary/aromatic N) is 1. The van der Waals surface area contributed by atoms with Crippen LogP contribution in [0.25, 0.3) is 0 Å². The van der Waals surface area contributed by atoms with Crippen molar-refractivity contribution in [2.45, 2.75) is 38.7 Å². The molecule has 10 heteroatoms. The predicted octanol–water partition coefficient (Wildman–Crippen LogP) is 1.17. The summed E-state index contributed by atoms with van der Waals surface area (Å²) in [6, 6.07) is -0.0419. The number of amides is 2. The van der Waals surface area contributed by atoms with Gasteiger partial charge < -0.3 is 30.3 Å². The first-order valence-electron chi connectivity index (χ1n) is 9.90. The van der Waals surface area contributed by atoms with Crippen LogP contribution in [0.15, 0.2) is 0 Å². The van der Waals surface area contributed by atoms with Crippen LogP contribution in [-0.4, -0.2) is 82.0 Å². The number of hydrogen-bond acceptors (Lipinski definition) is 6. The summed E-state index contributed by atoms with van der Waals surface area (Å²) in [7, 11) is 0. The van der Waals surface area contributed by atoms with Crippen LogP contribution in [0.1, 0.15) is 32.6 Å². The minimum Gasteiger partial charge on any atom is -0.465 e. The van der Waals surface area contributed by atoms with E-state index >= 15 is 0 Å². The summed E-state index contributed by atoms with van der Waals surface area (Å²) in [6.45, 7) is 7.88. The Hall–Kier alpha value is -0.800. The van der Waals surface area contributed by atoms with E-state index in [1.54, 1.807) is 6.92 Å². The Morgan fingerprint density at radius 3 is 2.39 bits per heavy atom. The molecule has 0 aromatic heterocycles. The summed E-state index contributed by atoms with van der Waals surface area (Å²) in [5.74, 6) is 0.407. The number of carbonyl (C=O) groups excluding carboxylic acids is 2. The van der Waals surface area contributed by atoms with E-state index in [2.05, 4.69) is 16.0 Å². The van der Waals surface area contributed by atoms with Crippen LogP contribution >= 0.6 is 24.8 Å². The molecule has 166 valence electrons. The maximum atomic E-state index is 12.2. The van der Waals surface area contributed by atoms with Gasteiger partial charge in [-0.3, -0.25) is 4.79 Å². The number of halogens is 2. The molecule has 0 unspecified atom stereocenters. The Labute approximate surface area is 180 Å². The Bertz CT molecular complexity index is 432. The molecular formula is C18H36Cl2N4O4. The second-order valence-electron chi connectivity index (χ2n) is 6.93. The highest BCUT2D eigenvalue weighted by Crippen LogP contribution is 2.18. The van der Waals surface area contributed by atoms with Crippen LogP contribution in [0.4, 0.5) is 4.79 Å². The average molecular weight is 443 g/mol. The topological polar surface area (TPSA) is 91.9 Å². The number of urea groups is 1. The molecule has 2 amide bonds. The summed E-state index contributed by atoms with van der Waals surface area (Å²) >= 11 is 0. The van der Waals surface area contributed by atoms with Crippen LogP contribution in [0.3, 0.4) is 0 Å². The molecule has 2 rings (SSSR count). The van der Waals surface area contributed by atoms with Crippen molar-refractivity contribution in [2.24, 2.45) is 5.92 Å². The maximum Gasteiger partial charge on any atom is 0.319 e. The molecule has 2 aliphatic rings. The van der Waals surface area contributed by atoms with E-state index in [0.29, 0.717) is 25.6 Å². The maximum absolute atomic E-state index is 12.2. The van der Waals surface area contributed by atoms with Gasteiger partial charge in [0.05, 0.1) is 19.3 Å². The highest BCUT2D eigenvalue weighted by atomic mass is 35.5. The number of carbonyl (C=O) groups is 2. The van der Waals surface area contributed by atoms with Gasteiger partial charge in [-0.05, 0) is 51.6 Å². The number of likely N-dealkylation sites (tertiary alicyclic amines) is 1. The van der Waals surface area contributed by atoms with Gasteiger partial charge in [-0.1, -0.05) is 0 Å². The quantitative estimate of drug-likeness (QED) is 0.366. The first-order chi connectivity index (χ1) is 12.7. The highest BCUT2D eigenvalue weighted by Gasteiger charge is 2.24. The Balaban J connectivity index is 0.00000364. The predicted molar refractivity (Wildman–Crippen MR) is 114 cm³/mol. The lowest BCUT2D eigenvalue weighted by molar-refractivity contribution is -0.141. The van der Waals surface area contributed by atoms with E-state index in [-0.39, 0.29) is 49.5 Å². The number of ether oxygens (including phenoxy) is 2. The summed E-state index contributed by atoms with van der Waals surface area (Å²) in [4.78, 5) is 25.2. The third kappa shape index (κ3) is 10.7. The van der Waals surface area contributed by atoms with E-state index in [1.165, 1.54) is 12.8 Å². The zero-order valence-electron chi connectivity index (χ0n) is 16.7. The zero-order valence-corrected chi connectivity index (χ0v) is 18.4. The standard InChI is InChI=1S/C18H34N4O4.2ClH/c1-2-25-17(23)13-20-9-10-21-18(24)22-11-5-16(6-12-22)26-14-15-3-7-19-8-4-15;;/h15-16,19-20H,2-14H2,1H3,(H,21,24);2*1H. The lowest BCUT2D eigenvalue weighted by Crippen LogP contribution is -2.47. The summed E-state index contributed by atoms with van der Waals surface area (Å²) < 4.78 is 10.9. The van der Waals surface area contributed by atoms with Gasteiger partial charge in [0.15, 0.2) is 0 Å². The molecular weight excluding hydrogens is 407 g/mol. The lowest BCUT2D eigenvalue weighted by atomic mass is 9.99. The minimum atomic E-state index is -0.273. The van der Waals surface area contributed by atoms with Crippen molar-refractivity contribution in [3.8, 4) is 0 Å². The van der Waals surface area contributed by atoms with E-state index in [9.17, 15) is 9.59 Å². The Morgan fingerprint density at radius 1 is 1.07 bits per heavy atom. The second kappa shape index (κ2) is 16.0. The van der Waals surface area contributed by atoms with E-state index in [0.717, 1.165) is 45.6 Å². The molecule has 2 saturated heterocycles. The molecule has 2 fully saturated rings. The molecule has 0 aliphatic carbocycles. The van der Waals surface area contributed by atoms with Crippen LogP contribution in [0.2, 0.25) is 0 Å². The largest absolute Gasteiger partial charge is 0.465 e. The number of esters is 1. The summed E-state index contributed by atoms with van der Waals surface area (Å²) in [5.41, 5.74) is 0. The smallest absolute Gasteiger partial charge is 0.319 e. The molecule has 0 saturated carbocycles. The fraction of sp³-hybridized carbons (Fsp3) is 0.889. The molecule has 2 heterocycles. The molecule has 28 heavy (non-hydrogen) atoms. The van der Waals surface area contributed by atoms with Crippen molar-refractivity contribution >= 4 is 36.8 Å². The van der Waals surface area contributed by atoms with Crippen molar-refractivity contribution in [1.29, 1.82) is 0 Å². The van der Waals surface area contributed by atoms with Crippen molar-refractivity contribution in [2.75, 3.05) is 59.0 Å². The van der Waals surface area contributed by atoms with Crippen LogP contribution in [0, 0.1) is 5.92 Å². The van der Waals surface area contributed by atoms with Gasteiger partial charge in [0.2, 0.25) is 0 Å². The monoisotopic (exact) mass is 442 g/mol. The summed E-state index contributed by atoms with van der Waals surface area (Å²) in [5, 5.41) is 9.20. The first kappa shape index (κ1) is 27.2. The molecule has 0 atom stereocenters. The van der Waals surface area contributed by atoms with Gasteiger partial charge in [0, 0.05) is 32.8 Å². The Kier molecular flexibility index (Phi) is 15.6. The number of nitrogens with one attached hydrogen (secondary N) is 3. The highest BCUT2D eigenvalue weighted by molar-refractivity contribution is 5.85. The van der Waals surface area contributed by atoms with Gasteiger partial charge in [-0.25, -0.2) is 4.79 Å². The fourth-order valence-corrected chi connectivity index (χ4v) is 3.32. The molecule has 0 spiro atoms. The summed E-state index contributed by atoms with van der Waals surface area (Å²) in [6.07, 6.45) is 4.48. The molecule has 0 radical (unpaired) electrons. The van der Waals surface area contributed by atoms with Gasteiger partial charge >= 0.3 is 12.0 Å². The van der Waals surface area contributed by atoms with Gasteiger partial charge in [-0.15, -0.1) is 24.8 Å². The second-order valence-corrected chi connectivity index (χ2v) is 6.93. The normalized spacial score (nSPS) is 18.0. The van der Waals surface area contributed by atoms with E-state index in [1.807, 2.05) is 4.90 Å². The molecule has 8 nitrogen and oxygen atoms in total. The van der Waals surface area contributed by atoms with Gasteiger partial charge in [0.1, 0.15) is 0 Å². The number of hydrogen-bond donors (Lipinski definition) is 3. The van der Waals surface area contributed by atoms with E-state index < -0.39 is 0 Å². The molecule has 0 aromatic carbocycles. The third-order valence-corrected chi connectivity index (χ3v) is 4.91.